The summed E-state index contributed by atoms with van der Waals surface area (Å²) in [7, 11) is 0. The Hall–Kier alpha value is -2.50. The minimum atomic E-state index is -0.464. The lowest BCUT2D eigenvalue weighted by Gasteiger charge is -2.08. The summed E-state index contributed by atoms with van der Waals surface area (Å²) in [5.74, 6) is -0.464. The molecule has 2 rings (SSSR count). The zero-order valence-electron chi connectivity index (χ0n) is 10.1. The highest BCUT2D eigenvalue weighted by molar-refractivity contribution is 5.89. The smallest absolute Gasteiger partial charge is 0.319 e. The van der Waals surface area contributed by atoms with Crippen LogP contribution in [0.2, 0.25) is 0 Å². The predicted molar refractivity (Wildman–Crippen MR) is 69.2 cm³/mol. The number of hydrogen-bond acceptors (Lipinski definition) is 3. The van der Waals surface area contributed by atoms with Crippen LogP contribution in [0.3, 0.4) is 0 Å². The lowest BCUT2D eigenvalue weighted by molar-refractivity contribution is 0.252. The first kappa shape index (κ1) is 12.9. The molecule has 0 unspecified atom stereocenters. The quantitative estimate of drug-likeness (QED) is 0.883. The Kier molecular flexibility index (Phi) is 4.39. The van der Waals surface area contributed by atoms with Crippen molar-refractivity contribution in [1.82, 2.24) is 15.3 Å². The SMILES string of the molecule is O=C(NCCc1cncnc1)Nc1ccccc1F. The van der Waals surface area contributed by atoms with Crippen molar-refractivity contribution < 1.29 is 9.18 Å². The summed E-state index contributed by atoms with van der Waals surface area (Å²) in [6.07, 6.45) is 5.43. The molecule has 0 saturated heterocycles. The summed E-state index contributed by atoms with van der Waals surface area (Å²) in [5, 5.41) is 5.07. The molecule has 19 heavy (non-hydrogen) atoms. The minimum Gasteiger partial charge on any atom is -0.338 e. The number of rotatable bonds is 4. The summed E-state index contributed by atoms with van der Waals surface area (Å²) >= 11 is 0. The number of para-hydroxylation sites is 1. The highest BCUT2D eigenvalue weighted by Gasteiger charge is 2.05. The first-order valence-electron chi connectivity index (χ1n) is 5.79. The summed E-state index contributed by atoms with van der Waals surface area (Å²) in [6, 6.07) is 5.56. The van der Waals surface area contributed by atoms with Gasteiger partial charge >= 0.3 is 6.03 Å². The zero-order valence-corrected chi connectivity index (χ0v) is 10.1. The molecule has 1 aromatic heterocycles. The molecule has 5 nitrogen and oxygen atoms in total. The van der Waals surface area contributed by atoms with Gasteiger partial charge in [-0.05, 0) is 24.1 Å². The Morgan fingerprint density at radius 2 is 1.95 bits per heavy atom. The number of nitrogens with zero attached hydrogens (tertiary/aromatic N) is 2. The Labute approximate surface area is 109 Å². The topological polar surface area (TPSA) is 66.9 Å². The van der Waals surface area contributed by atoms with Gasteiger partial charge in [-0.25, -0.2) is 19.2 Å². The Bertz CT molecular complexity index is 547. The number of urea groups is 1. The fourth-order valence-electron chi connectivity index (χ4n) is 1.51. The van der Waals surface area contributed by atoms with E-state index in [0.717, 1.165) is 5.56 Å². The number of anilines is 1. The van der Waals surface area contributed by atoms with E-state index in [2.05, 4.69) is 20.6 Å². The van der Waals surface area contributed by atoms with Gasteiger partial charge in [-0.15, -0.1) is 0 Å². The van der Waals surface area contributed by atoms with E-state index < -0.39 is 11.8 Å². The van der Waals surface area contributed by atoms with E-state index in [-0.39, 0.29) is 5.69 Å². The van der Waals surface area contributed by atoms with Crippen molar-refractivity contribution in [1.29, 1.82) is 0 Å². The Morgan fingerprint density at radius 3 is 2.68 bits per heavy atom. The van der Waals surface area contributed by atoms with Crippen LogP contribution in [0.4, 0.5) is 14.9 Å². The molecule has 2 amide bonds. The van der Waals surface area contributed by atoms with Gasteiger partial charge in [-0.2, -0.15) is 0 Å². The number of carbonyl (C=O) groups excluding carboxylic acids is 1. The third-order valence-electron chi connectivity index (χ3n) is 2.44. The lowest BCUT2D eigenvalue weighted by atomic mass is 10.2. The number of hydrogen-bond donors (Lipinski definition) is 2. The van der Waals surface area contributed by atoms with Gasteiger partial charge in [-0.1, -0.05) is 12.1 Å². The van der Waals surface area contributed by atoms with Crippen molar-refractivity contribution in [3.8, 4) is 0 Å². The molecule has 1 heterocycles. The number of amides is 2. The monoisotopic (exact) mass is 260 g/mol. The maximum atomic E-state index is 13.3. The van der Waals surface area contributed by atoms with E-state index in [1.165, 1.54) is 18.5 Å². The fourth-order valence-corrected chi connectivity index (χ4v) is 1.51. The van der Waals surface area contributed by atoms with Crippen LogP contribution in [0.15, 0.2) is 43.0 Å². The zero-order chi connectivity index (χ0) is 13.5. The fraction of sp³-hybridized carbons (Fsp3) is 0.154. The van der Waals surface area contributed by atoms with E-state index in [9.17, 15) is 9.18 Å². The van der Waals surface area contributed by atoms with E-state index in [1.807, 2.05) is 0 Å². The van der Waals surface area contributed by atoms with Gasteiger partial charge in [0.2, 0.25) is 0 Å². The van der Waals surface area contributed by atoms with Crippen molar-refractivity contribution >= 4 is 11.7 Å². The van der Waals surface area contributed by atoms with Crippen LogP contribution in [0.5, 0.6) is 0 Å². The van der Waals surface area contributed by atoms with Crippen LogP contribution >= 0.6 is 0 Å². The largest absolute Gasteiger partial charge is 0.338 e. The molecule has 0 fully saturated rings. The third kappa shape index (κ3) is 4.02. The summed E-state index contributed by atoms with van der Waals surface area (Å²) < 4.78 is 13.3. The van der Waals surface area contributed by atoms with Crippen LogP contribution in [-0.2, 0) is 6.42 Å². The van der Waals surface area contributed by atoms with Crippen molar-refractivity contribution in [2.75, 3.05) is 11.9 Å². The summed E-state index contributed by atoms with van der Waals surface area (Å²) in [6.45, 7) is 0.424. The summed E-state index contributed by atoms with van der Waals surface area (Å²) in [4.78, 5) is 19.3. The lowest BCUT2D eigenvalue weighted by Crippen LogP contribution is -2.30. The normalized spacial score (nSPS) is 9.95. The average Bonchev–Trinajstić information content (AvgIpc) is 2.43. The van der Waals surface area contributed by atoms with Gasteiger partial charge in [0.05, 0.1) is 5.69 Å². The van der Waals surface area contributed by atoms with Gasteiger partial charge in [0, 0.05) is 18.9 Å². The average molecular weight is 260 g/mol. The first-order valence-corrected chi connectivity index (χ1v) is 5.79. The molecule has 0 aliphatic heterocycles. The van der Waals surface area contributed by atoms with Crippen molar-refractivity contribution in [3.63, 3.8) is 0 Å². The van der Waals surface area contributed by atoms with Gasteiger partial charge in [0.1, 0.15) is 12.1 Å². The van der Waals surface area contributed by atoms with Crippen molar-refractivity contribution in [2.45, 2.75) is 6.42 Å². The Morgan fingerprint density at radius 1 is 1.21 bits per heavy atom. The number of halogens is 1. The van der Waals surface area contributed by atoms with E-state index in [0.29, 0.717) is 13.0 Å². The van der Waals surface area contributed by atoms with Gasteiger partial charge in [-0.3, -0.25) is 0 Å². The second-order valence-corrected chi connectivity index (χ2v) is 3.86. The third-order valence-corrected chi connectivity index (χ3v) is 2.44. The molecule has 1 aromatic carbocycles. The van der Waals surface area contributed by atoms with Crippen LogP contribution in [-0.4, -0.2) is 22.5 Å². The first-order chi connectivity index (χ1) is 9.25. The number of nitrogens with one attached hydrogen (secondary N) is 2. The summed E-state index contributed by atoms with van der Waals surface area (Å²) in [5.41, 5.74) is 1.08. The number of benzene rings is 1. The molecule has 0 spiro atoms. The van der Waals surface area contributed by atoms with Crippen LogP contribution in [0.25, 0.3) is 0 Å². The van der Waals surface area contributed by atoms with Crippen LogP contribution in [0, 0.1) is 5.82 Å². The van der Waals surface area contributed by atoms with Crippen molar-refractivity contribution in [2.24, 2.45) is 0 Å². The standard InChI is InChI=1S/C13H13FN4O/c14-11-3-1-2-4-12(11)18-13(19)17-6-5-10-7-15-9-16-8-10/h1-4,7-9H,5-6H2,(H2,17,18,19). The molecule has 0 radical (unpaired) electrons. The number of carbonyl (C=O) groups is 1. The van der Waals surface area contributed by atoms with Crippen LogP contribution < -0.4 is 10.6 Å². The highest BCUT2D eigenvalue weighted by Crippen LogP contribution is 2.11. The molecule has 0 aliphatic carbocycles. The molecule has 6 heteroatoms. The molecule has 0 atom stereocenters. The molecular weight excluding hydrogens is 247 g/mol. The van der Waals surface area contributed by atoms with Gasteiger partial charge < -0.3 is 10.6 Å². The van der Waals surface area contributed by atoms with E-state index >= 15 is 0 Å². The van der Waals surface area contributed by atoms with E-state index in [1.54, 1.807) is 24.5 Å². The Balaban J connectivity index is 1.78. The van der Waals surface area contributed by atoms with E-state index in [4.69, 9.17) is 0 Å². The van der Waals surface area contributed by atoms with Crippen molar-refractivity contribution in [3.05, 3.63) is 54.4 Å². The van der Waals surface area contributed by atoms with Crippen LogP contribution in [0.1, 0.15) is 5.56 Å². The molecule has 2 aromatic rings. The van der Waals surface area contributed by atoms with Gasteiger partial charge in [0.25, 0.3) is 0 Å². The molecule has 2 N–H and O–H groups in total. The second kappa shape index (κ2) is 6.44. The number of aromatic nitrogens is 2. The minimum absolute atomic E-state index is 0.156. The predicted octanol–water partition coefficient (Wildman–Crippen LogP) is 1.98. The molecule has 98 valence electrons. The molecular formula is C13H13FN4O. The van der Waals surface area contributed by atoms with Gasteiger partial charge in [0.15, 0.2) is 0 Å². The molecule has 0 bridgehead atoms. The molecule has 0 saturated carbocycles. The highest BCUT2D eigenvalue weighted by atomic mass is 19.1. The maximum absolute atomic E-state index is 13.3. The molecule has 0 aliphatic rings. The maximum Gasteiger partial charge on any atom is 0.319 e. The second-order valence-electron chi connectivity index (χ2n) is 3.86.